The number of rotatable bonds is 9. The first-order chi connectivity index (χ1) is 10.3. The van der Waals surface area contributed by atoms with Gasteiger partial charge in [-0.2, -0.15) is 10.2 Å². The Balaban J connectivity index is 1.97. The molecule has 7 nitrogen and oxygen atoms in total. The van der Waals surface area contributed by atoms with Crippen LogP contribution in [0.5, 0.6) is 0 Å². The molecule has 2 aromatic rings. The van der Waals surface area contributed by atoms with Gasteiger partial charge in [-0.1, -0.05) is 6.92 Å². The summed E-state index contributed by atoms with van der Waals surface area (Å²) in [6.07, 6.45) is 4.57. The third-order valence-electron chi connectivity index (χ3n) is 3.43. The van der Waals surface area contributed by atoms with Crippen molar-refractivity contribution >= 4 is 0 Å². The van der Waals surface area contributed by atoms with Crippen LogP contribution < -0.4 is 5.32 Å². The Morgan fingerprint density at radius 1 is 1.29 bits per heavy atom. The van der Waals surface area contributed by atoms with Gasteiger partial charge in [-0.25, -0.2) is 9.67 Å². The lowest BCUT2D eigenvalue weighted by atomic mass is 10.2. The van der Waals surface area contributed by atoms with E-state index in [-0.39, 0.29) is 0 Å². The van der Waals surface area contributed by atoms with Crippen molar-refractivity contribution in [1.82, 2.24) is 29.9 Å². The molecular formula is C14H24N6O. The van der Waals surface area contributed by atoms with E-state index in [2.05, 4.69) is 34.3 Å². The molecule has 0 unspecified atom stereocenters. The van der Waals surface area contributed by atoms with Crippen LogP contribution in [0.2, 0.25) is 0 Å². The third kappa shape index (κ3) is 4.12. The number of nitrogens with zero attached hydrogens (tertiary/aromatic N) is 5. The Morgan fingerprint density at radius 2 is 2.14 bits per heavy atom. The molecule has 0 fully saturated rings. The highest BCUT2D eigenvalue weighted by Crippen LogP contribution is 2.09. The van der Waals surface area contributed by atoms with Gasteiger partial charge in [-0.05, 0) is 13.3 Å². The van der Waals surface area contributed by atoms with Gasteiger partial charge in [0, 0.05) is 38.0 Å². The molecule has 116 valence electrons. The van der Waals surface area contributed by atoms with Crippen molar-refractivity contribution in [3.63, 3.8) is 0 Å². The average Bonchev–Trinajstić information content (AvgIpc) is 3.05. The molecule has 1 N–H and O–H groups in total. The summed E-state index contributed by atoms with van der Waals surface area (Å²) in [4.78, 5) is 4.33. The molecule has 0 amide bonds. The van der Waals surface area contributed by atoms with Crippen molar-refractivity contribution in [2.75, 3.05) is 20.3 Å². The lowest BCUT2D eigenvalue weighted by Gasteiger charge is -2.07. The SMILES string of the molecule is CCCn1ncnc1Cn1ncc(CNCCOC)c1C. The maximum Gasteiger partial charge on any atom is 0.148 e. The number of hydrogen-bond donors (Lipinski definition) is 1. The van der Waals surface area contributed by atoms with Crippen LogP contribution in [0, 0.1) is 6.92 Å². The van der Waals surface area contributed by atoms with Gasteiger partial charge in [0.1, 0.15) is 18.7 Å². The van der Waals surface area contributed by atoms with E-state index in [1.165, 1.54) is 5.56 Å². The van der Waals surface area contributed by atoms with Crippen molar-refractivity contribution < 1.29 is 4.74 Å². The first-order valence-corrected chi connectivity index (χ1v) is 7.33. The van der Waals surface area contributed by atoms with Gasteiger partial charge in [0.25, 0.3) is 0 Å². The number of aromatic nitrogens is 5. The van der Waals surface area contributed by atoms with Crippen LogP contribution in [-0.4, -0.2) is 44.8 Å². The third-order valence-corrected chi connectivity index (χ3v) is 3.43. The second-order valence-electron chi connectivity index (χ2n) is 4.98. The van der Waals surface area contributed by atoms with Crippen LogP contribution in [0.4, 0.5) is 0 Å². The highest BCUT2D eigenvalue weighted by atomic mass is 16.5. The molecular weight excluding hydrogens is 268 g/mol. The van der Waals surface area contributed by atoms with Gasteiger partial charge in [0.05, 0.1) is 12.8 Å². The molecule has 0 saturated heterocycles. The fraction of sp³-hybridized carbons (Fsp3) is 0.643. The number of methoxy groups -OCH3 is 1. The van der Waals surface area contributed by atoms with Gasteiger partial charge in [-0.3, -0.25) is 4.68 Å². The van der Waals surface area contributed by atoms with Crippen molar-refractivity contribution in [3.8, 4) is 0 Å². The van der Waals surface area contributed by atoms with Crippen LogP contribution in [0.15, 0.2) is 12.5 Å². The first kappa shape index (κ1) is 15.7. The Labute approximate surface area is 125 Å². The number of nitrogens with one attached hydrogen (secondary N) is 1. The molecule has 0 aliphatic rings. The molecule has 0 aliphatic heterocycles. The van der Waals surface area contributed by atoms with Crippen LogP contribution in [0.25, 0.3) is 0 Å². The summed E-state index contributed by atoms with van der Waals surface area (Å²) < 4.78 is 8.94. The molecule has 7 heteroatoms. The molecule has 0 spiro atoms. The molecule has 0 radical (unpaired) electrons. The number of ether oxygens (including phenoxy) is 1. The minimum absolute atomic E-state index is 0.657. The minimum atomic E-state index is 0.657. The molecule has 21 heavy (non-hydrogen) atoms. The first-order valence-electron chi connectivity index (χ1n) is 7.33. The molecule has 0 saturated carbocycles. The zero-order valence-corrected chi connectivity index (χ0v) is 13.0. The van der Waals surface area contributed by atoms with Gasteiger partial charge in [-0.15, -0.1) is 0 Å². The van der Waals surface area contributed by atoms with Gasteiger partial charge in [0.15, 0.2) is 0 Å². The molecule has 0 bridgehead atoms. The monoisotopic (exact) mass is 292 g/mol. The quantitative estimate of drug-likeness (QED) is 0.698. The average molecular weight is 292 g/mol. The summed E-state index contributed by atoms with van der Waals surface area (Å²) >= 11 is 0. The second kappa shape index (κ2) is 7.90. The summed E-state index contributed by atoms with van der Waals surface area (Å²) in [7, 11) is 1.71. The topological polar surface area (TPSA) is 69.8 Å². The Hall–Kier alpha value is -1.73. The molecule has 2 heterocycles. The lowest BCUT2D eigenvalue weighted by Crippen LogP contribution is -2.19. The standard InChI is InChI=1S/C14H24N6O/c1-4-6-19-14(16-11-18-19)10-20-12(2)13(9-17-20)8-15-5-7-21-3/h9,11,15H,4-8,10H2,1-3H3. The predicted molar refractivity (Wildman–Crippen MR) is 80.0 cm³/mol. The van der Waals surface area contributed by atoms with E-state index in [1.54, 1.807) is 13.4 Å². The summed E-state index contributed by atoms with van der Waals surface area (Å²) in [6.45, 7) is 8.12. The molecule has 0 atom stereocenters. The number of hydrogen-bond acceptors (Lipinski definition) is 5. The molecule has 2 rings (SSSR count). The van der Waals surface area contributed by atoms with Crippen LogP contribution >= 0.6 is 0 Å². The molecule has 2 aromatic heterocycles. The van der Waals surface area contributed by atoms with E-state index in [4.69, 9.17) is 4.74 Å². The lowest BCUT2D eigenvalue weighted by molar-refractivity contribution is 0.199. The fourth-order valence-corrected chi connectivity index (χ4v) is 2.16. The predicted octanol–water partition coefficient (Wildman–Crippen LogP) is 0.977. The minimum Gasteiger partial charge on any atom is -0.383 e. The Bertz CT molecular complexity index is 547. The molecule has 0 aromatic carbocycles. The van der Waals surface area contributed by atoms with E-state index < -0.39 is 0 Å². The summed E-state index contributed by atoms with van der Waals surface area (Å²) in [5.41, 5.74) is 2.36. The van der Waals surface area contributed by atoms with E-state index >= 15 is 0 Å². The smallest absolute Gasteiger partial charge is 0.148 e. The maximum atomic E-state index is 5.02. The van der Waals surface area contributed by atoms with Gasteiger partial charge < -0.3 is 10.1 Å². The zero-order valence-electron chi connectivity index (χ0n) is 13.0. The van der Waals surface area contributed by atoms with E-state index in [1.807, 2.05) is 15.6 Å². The van der Waals surface area contributed by atoms with Gasteiger partial charge in [0.2, 0.25) is 0 Å². The summed E-state index contributed by atoms with van der Waals surface area (Å²) in [6, 6.07) is 0. The summed E-state index contributed by atoms with van der Waals surface area (Å²) in [5.74, 6) is 0.946. The van der Waals surface area contributed by atoms with Crippen molar-refractivity contribution in [1.29, 1.82) is 0 Å². The maximum absolute atomic E-state index is 5.02. The van der Waals surface area contributed by atoms with E-state index in [9.17, 15) is 0 Å². The Morgan fingerprint density at radius 3 is 2.90 bits per heavy atom. The highest BCUT2D eigenvalue weighted by Gasteiger charge is 2.10. The number of aryl methyl sites for hydroxylation is 1. The van der Waals surface area contributed by atoms with Crippen molar-refractivity contribution in [2.45, 2.75) is 39.9 Å². The zero-order chi connectivity index (χ0) is 15.1. The molecule has 0 aliphatic carbocycles. The summed E-state index contributed by atoms with van der Waals surface area (Å²) in [5, 5.41) is 12.0. The Kier molecular flexibility index (Phi) is 5.89. The van der Waals surface area contributed by atoms with Crippen LogP contribution in [0.3, 0.4) is 0 Å². The van der Waals surface area contributed by atoms with Crippen molar-refractivity contribution in [2.24, 2.45) is 0 Å². The largest absolute Gasteiger partial charge is 0.383 e. The van der Waals surface area contributed by atoms with Crippen LogP contribution in [0.1, 0.15) is 30.4 Å². The second-order valence-corrected chi connectivity index (χ2v) is 4.98. The van der Waals surface area contributed by atoms with E-state index in [0.717, 1.165) is 37.6 Å². The van der Waals surface area contributed by atoms with Crippen molar-refractivity contribution in [3.05, 3.63) is 29.6 Å². The highest BCUT2D eigenvalue weighted by molar-refractivity contribution is 5.16. The normalized spacial score (nSPS) is 11.2. The van der Waals surface area contributed by atoms with Gasteiger partial charge >= 0.3 is 0 Å². The van der Waals surface area contributed by atoms with Crippen LogP contribution in [-0.2, 0) is 24.4 Å². The fourth-order valence-electron chi connectivity index (χ4n) is 2.16. The van der Waals surface area contributed by atoms with E-state index in [0.29, 0.717) is 13.2 Å².